The Labute approximate surface area is 214 Å². The van der Waals surface area contributed by atoms with Gasteiger partial charge in [0.05, 0.1) is 11.2 Å². The van der Waals surface area contributed by atoms with Crippen molar-refractivity contribution < 1.29 is 28.6 Å². The number of piperidine rings is 1. The van der Waals surface area contributed by atoms with E-state index >= 15 is 0 Å². The van der Waals surface area contributed by atoms with Gasteiger partial charge in [0.25, 0.3) is 0 Å². The number of rotatable bonds is 7. The molecule has 37 heavy (non-hydrogen) atoms. The van der Waals surface area contributed by atoms with Gasteiger partial charge in [-0.1, -0.05) is 30.3 Å². The van der Waals surface area contributed by atoms with E-state index in [1.165, 1.54) is 17.0 Å². The molecule has 0 bridgehead atoms. The minimum Gasteiger partial charge on any atom is -0.474 e. The van der Waals surface area contributed by atoms with Crippen molar-refractivity contribution in [3.8, 4) is 17.1 Å². The lowest BCUT2D eigenvalue weighted by Crippen LogP contribution is -2.41. The Hall–Kier alpha value is -4.14. The number of carbonyl (C=O) groups excluding carboxylic acids is 1. The van der Waals surface area contributed by atoms with Gasteiger partial charge in [0.1, 0.15) is 18.5 Å². The van der Waals surface area contributed by atoms with Gasteiger partial charge in [-0.15, -0.1) is 0 Å². The van der Waals surface area contributed by atoms with Gasteiger partial charge in [-0.2, -0.15) is 0 Å². The van der Waals surface area contributed by atoms with E-state index in [2.05, 4.69) is 10.3 Å². The lowest BCUT2D eigenvalue weighted by molar-refractivity contribution is 0.129. The number of ether oxygens (including phenoxy) is 2. The number of hydrogen-bond acceptors (Lipinski definition) is 5. The number of aromatic nitrogens is 1. The maximum atomic E-state index is 13.5. The zero-order chi connectivity index (χ0) is 26.2. The largest absolute Gasteiger partial charge is 0.474 e. The smallest absolute Gasteiger partial charge is 0.408 e. The Bertz CT molecular complexity index is 1290. The highest BCUT2D eigenvalue weighted by atomic mass is 19.1. The number of fused-ring (bicyclic) bond motifs is 1. The van der Waals surface area contributed by atoms with Crippen LogP contribution in [-0.4, -0.2) is 46.4 Å². The molecular formula is C28H28FN3O5. The minimum atomic E-state index is -0.920. The van der Waals surface area contributed by atoms with E-state index in [-0.39, 0.29) is 30.4 Å². The second-order valence-electron chi connectivity index (χ2n) is 10.00. The summed E-state index contributed by atoms with van der Waals surface area (Å²) in [5.41, 5.74) is 2.03. The van der Waals surface area contributed by atoms with Crippen molar-refractivity contribution in [2.24, 2.45) is 11.8 Å². The molecule has 3 aromatic rings. The van der Waals surface area contributed by atoms with Gasteiger partial charge in [-0.25, -0.2) is 19.0 Å². The van der Waals surface area contributed by atoms with Gasteiger partial charge >= 0.3 is 12.2 Å². The van der Waals surface area contributed by atoms with Gasteiger partial charge in [-0.3, -0.25) is 0 Å². The van der Waals surface area contributed by atoms with E-state index in [0.29, 0.717) is 30.2 Å². The monoisotopic (exact) mass is 505 g/mol. The topological polar surface area (TPSA) is 101 Å². The fourth-order valence-corrected chi connectivity index (χ4v) is 4.72. The first-order chi connectivity index (χ1) is 17.7. The highest BCUT2D eigenvalue weighted by Gasteiger charge is 2.59. The number of amides is 2. The normalized spacial score (nSPS) is 20.2. The quantitative estimate of drug-likeness (QED) is 0.467. The average Bonchev–Trinajstić information content (AvgIpc) is 3.29. The molecule has 2 N–H and O–H groups in total. The number of nitrogens with one attached hydrogen (secondary N) is 1. The third-order valence-electron chi connectivity index (χ3n) is 6.93. The highest BCUT2D eigenvalue weighted by Crippen LogP contribution is 2.48. The van der Waals surface area contributed by atoms with Crippen LogP contribution in [0.5, 0.6) is 5.88 Å². The second-order valence-corrected chi connectivity index (χ2v) is 10.00. The predicted molar refractivity (Wildman–Crippen MR) is 133 cm³/mol. The Morgan fingerprint density at radius 2 is 1.76 bits per heavy atom. The van der Waals surface area contributed by atoms with E-state index < -0.39 is 17.7 Å². The molecule has 1 aliphatic carbocycles. The molecule has 1 aliphatic heterocycles. The Morgan fingerprint density at radius 3 is 2.41 bits per heavy atom. The zero-order valence-corrected chi connectivity index (χ0v) is 20.6. The average molecular weight is 506 g/mol. The molecule has 9 heteroatoms. The molecule has 3 atom stereocenters. The maximum Gasteiger partial charge on any atom is 0.408 e. The van der Waals surface area contributed by atoms with Gasteiger partial charge < -0.3 is 24.8 Å². The molecule has 192 valence electrons. The number of carbonyl (C=O) groups is 2. The first-order valence-electron chi connectivity index (χ1n) is 12.1. The van der Waals surface area contributed by atoms with Crippen molar-refractivity contribution in [3.63, 3.8) is 0 Å². The molecule has 1 aromatic heterocycles. The van der Waals surface area contributed by atoms with E-state index in [0.717, 1.165) is 11.1 Å². The molecule has 1 unspecified atom stereocenters. The van der Waals surface area contributed by atoms with Gasteiger partial charge in [0.15, 0.2) is 0 Å². The van der Waals surface area contributed by atoms with E-state index in [4.69, 9.17) is 9.47 Å². The molecule has 2 aliphatic rings. The molecule has 5 rings (SSSR count). The van der Waals surface area contributed by atoms with Gasteiger partial charge in [0, 0.05) is 36.6 Å². The summed E-state index contributed by atoms with van der Waals surface area (Å²) in [6.45, 7) is 4.72. The molecule has 2 fully saturated rings. The third kappa shape index (κ3) is 5.50. The summed E-state index contributed by atoms with van der Waals surface area (Å²) in [7, 11) is 0. The molecule has 0 radical (unpaired) electrons. The van der Waals surface area contributed by atoms with Crippen LogP contribution in [0, 0.1) is 17.7 Å². The summed E-state index contributed by atoms with van der Waals surface area (Å²) < 4.78 is 25.1. The summed E-state index contributed by atoms with van der Waals surface area (Å²) in [6, 6.07) is 19.0. The molecule has 1 saturated heterocycles. The SMILES string of the molecule is CC(C)(NC(=O)OCc1ccccc1)c1cc(OC2[C@H]3CN(C(=O)O)C[C@@H]23)nc(-c2ccc(F)cc2)c1. The fraction of sp³-hybridized carbons (Fsp3) is 0.321. The predicted octanol–water partition coefficient (Wildman–Crippen LogP) is 5.04. The molecular weight excluding hydrogens is 477 g/mol. The summed E-state index contributed by atoms with van der Waals surface area (Å²) in [5, 5.41) is 12.1. The van der Waals surface area contributed by atoms with Gasteiger partial charge in [-0.05, 0) is 55.3 Å². The van der Waals surface area contributed by atoms with Crippen LogP contribution < -0.4 is 10.1 Å². The fourth-order valence-electron chi connectivity index (χ4n) is 4.72. The molecule has 2 aromatic carbocycles. The van der Waals surface area contributed by atoms with Crippen LogP contribution in [0.1, 0.15) is 25.0 Å². The molecule has 0 spiro atoms. The van der Waals surface area contributed by atoms with Crippen LogP contribution in [0.25, 0.3) is 11.3 Å². The highest BCUT2D eigenvalue weighted by molar-refractivity contribution is 5.69. The molecule has 2 amide bonds. The first-order valence-corrected chi connectivity index (χ1v) is 12.1. The minimum absolute atomic E-state index is 0.119. The molecule has 8 nitrogen and oxygen atoms in total. The van der Waals surface area contributed by atoms with E-state index in [9.17, 15) is 19.1 Å². The van der Waals surface area contributed by atoms with Crippen molar-refractivity contribution in [1.29, 1.82) is 0 Å². The number of halogens is 1. The van der Waals surface area contributed by atoms with Crippen LogP contribution in [-0.2, 0) is 16.9 Å². The van der Waals surface area contributed by atoms with Crippen molar-refractivity contribution in [2.75, 3.05) is 13.1 Å². The van der Waals surface area contributed by atoms with Crippen LogP contribution in [0.4, 0.5) is 14.0 Å². The van der Waals surface area contributed by atoms with Crippen molar-refractivity contribution in [2.45, 2.75) is 32.1 Å². The number of likely N-dealkylation sites (tertiary alicyclic amines) is 1. The van der Waals surface area contributed by atoms with E-state index in [1.807, 2.05) is 50.2 Å². The Balaban J connectivity index is 1.35. The Kier molecular flexibility index (Phi) is 6.45. The van der Waals surface area contributed by atoms with Crippen molar-refractivity contribution >= 4 is 12.2 Å². The number of carboxylic acid groups (broad SMARTS) is 1. The molecule has 2 heterocycles. The van der Waals surface area contributed by atoms with Crippen LogP contribution in [0.15, 0.2) is 66.7 Å². The number of benzene rings is 2. The second kappa shape index (κ2) is 9.72. The van der Waals surface area contributed by atoms with Crippen LogP contribution >= 0.6 is 0 Å². The maximum absolute atomic E-state index is 13.5. The lowest BCUT2D eigenvalue weighted by atomic mass is 9.93. The number of nitrogens with zero attached hydrogens (tertiary/aromatic N) is 2. The van der Waals surface area contributed by atoms with Crippen LogP contribution in [0.2, 0.25) is 0 Å². The summed E-state index contributed by atoms with van der Waals surface area (Å²) in [6.07, 6.45) is -1.61. The summed E-state index contributed by atoms with van der Waals surface area (Å²) in [4.78, 5) is 29.9. The van der Waals surface area contributed by atoms with Gasteiger partial charge in [0.2, 0.25) is 5.88 Å². The third-order valence-corrected chi connectivity index (χ3v) is 6.93. The molecule has 1 saturated carbocycles. The summed E-state index contributed by atoms with van der Waals surface area (Å²) >= 11 is 0. The lowest BCUT2D eigenvalue weighted by Gasteiger charge is -2.27. The Morgan fingerprint density at radius 1 is 1.08 bits per heavy atom. The summed E-state index contributed by atoms with van der Waals surface area (Å²) in [5.74, 6) is 0.281. The van der Waals surface area contributed by atoms with E-state index in [1.54, 1.807) is 18.2 Å². The first kappa shape index (κ1) is 24.5. The van der Waals surface area contributed by atoms with Crippen LogP contribution in [0.3, 0.4) is 0 Å². The van der Waals surface area contributed by atoms with Crippen molar-refractivity contribution in [1.82, 2.24) is 15.2 Å². The number of pyridine rings is 1. The number of hydrogen-bond donors (Lipinski definition) is 2. The standard InChI is InChI=1S/C28H28FN3O5/c1-28(2,31-26(33)36-16-17-6-4-3-5-7-17)19-12-23(18-8-10-20(29)11-9-18)30-24(13-19)37-25-21-14-32(27(34)35)15-22(21)25/h3-13,21-22,25H,14-16H2,1-2H3,(H,31,33)(H,34,35)/t21-,22+,25?. The van der Waals surface area contributed by atoms with Crippen molar-refractivity contribution in [3.05, 3.63) is 83.7 Å². The zero-order valence-electron chi connectivity index (χ0n) is 20.6. The number of alkyl carbamates (subject to hydrolysis) is 1.